The number of hydrogen-bond donors (Lipinski definition) is 1. The maximum atomic E-state index is 12.9. The molecule has 1 saturated heterocycles. The molecule has 0 saturated carbocycles. The van der Waals surface area contributed by atoms with Gasteiger partial charge in [-0.05, 0) is 24.1 Å². The van der Waals surface area contributed by atoms with E-state index in [-0.39, 0.29) is 23.4 Å². The molecule has 1 unspecified atom stereocenters. The molecule has 1 heterocycles. The summed E-state index contributed by atoms with van der Waals surface area (Å²) in [5.74, 6) is 0.189. The van der Waals surface area contributed by atoms with Gasteiger partial charge in [-0.15, -0.1) is 0 Å². The number of sulfone groups is 1. The van der Waals surface area contributed by atoms with E-state index in [9.17, 15) is 12.8 Å². The highest BCUT2D eigenvalue weighted by atomic mass is 32.2. The zero-order valence-corrected chi connectivity index (χ0v) is 9.63. The van der Waals surface area contributed by atoms with Crippen LogP contribution in [0.5, 0.6) is 0 Å². The summed E-state index contributed by atoms with van der Waals surface area (Å²) in [5.41, 5.74) is 0.837. The molecule has 0 bridgehead atoms. The molecular formula is C11H14FNO2S. The third-order valence-electron chi connectivity index (χ3n) is 2.72. The summed E-state index contributed by atoms with van der Waals surface area (Å²) in [6.07, 6.45) is 0.650. The maximum Gasteiger partial charge on any atom is 0.151 e. The van der Waals surface area contributed by atoms with Gasteiger partial charge in [-0.3, -0.25) is 0 Å². The predicted octanol–water partition coefficient (Wildman–Crippen LogP) is 1.10. The van der Waals surface area contributed by atoms with E-state index in [2.05, 4.69) is 5.32 Å². The Morgan fingerprint density at radius 3 is 2.88 bits per heavy atom. The highest BCUT2D eigenvalue weighted by Gasteiger charge is 2.27. The van der Waals surface area contributed by atoms with Gasteiger partial charge >= 0.3 is 0 Å². The third kappa shape index (κ3) is 3.02. The summed E-state index contributed by atoms with van der Waals surface area (Å²) >= 11 is 0. The van der Waals surface area contributed by atoms with Crippen LogP contribution in [0.15, 0.2) is 24.3 Å². The van der Waals surface area contributed by atoms with Crippen molar-refractivity contribution in [3.05, 3.63) is 35.6 Å². The van der Waals surface area contributed by atoms with Crippen LogP contribution in [0.3, 0.4) is 0 Å². The van der Waals surface area contributed by atoms with Gasteiger partial charge < -0.3 is 5.32 Å². The summed E-state index contributed by atoms with van der Waals surface area (Å²) in [6, 6.07) is 6.32. The highest BCUT2D eigenvalue weighted by Crippen LogP contribution is 2.12. The standard InChI is InChI=1S/C11H14FNO2S/c12-10-3-1-2-9(6-10)7-13-11-4-5-16(14,15)8-11/h1-3,6,11,13H,4-5,7-8H2. The Morgan fingerprint density at radius 1 is 1.44 bits per heavy atom. The summed E-state index contributed by atoms with van der Waals surface area (Å²) in [4.78, 5) is 0. The van der Waals surface area contributed by atoms with E-state index in [0.29, 0.717) is 13.0 Å². The van der Waals surface area contributed by atoms with Crippen LogP contribution in [0.1, 0.15) is 12.0 Å². The summed E-state index contributed by atoms with van der Waals surface area (Å²) < 4.78 is 35.3. The normalized spacial score (nSPS) is 23.4. The minimum Gasteiger partial charge on any atom is -0.309 e. The Labute approximate surface area is 94.6 Å². The lowest BCUT2D eigenvalue weighted by atomic mass is 10.2. The third-order valence-corrected chi connectivity index (χ3v) is 4.48. The van der Waals surface area contributed by atoms with Crippen molar-refractivity contribution in [1.29, 1.82) is 0 Å². The second-order valence-corrected chi connectivity index (χ2v) is 6.34. The molecule has 0 aromatic heterocycles. The SMILES string of the molecule is O=S1(=O)CCC(NCc2cccc(F)c2)C1. The van der Waals surface area contributed by atoms with E-state index in [1.165, 1.54) is 12.1 Å². The monoisotopic (exact) mass is 243 g/mol. The molecule has 1 fully saturated rings. The van der Waals surface area contributed by atoms with E-state index >= 15 is 0 Å². The molecule has 1 N–H and O–H groups in total. The summed E-state index contributed by atoms with van der Waals surface area (Å²) in [5, 5.41) is 3.13. The molecule has 1 aromatic rings. The van der Waals surface area contributed by atoms with E-state index in [4.69, 9.17) is 0 Å². The van der Waals surface area contributed by atoms with E-state index in [0.717, 1.165) is 5.56 Å². The Kier molecular flexibility index (Phi) is 3.25. The largest absolute Gasteiger partial charge is 0.309 e. The molecule has 3 nitrogen and oxygen atoms in total. The van der Waals surface area contributed by atoms with Gasteiger partial charge in [-0.2, -0.15) is 0 Å². The van der Waals surface area contributed by atoms with Crippen molar-refractivity contribution < 1.29 is 12.8 Å². The average Bonchev–Trinajstić information content (AvgIpc) is 2.56. The fourth-order valence-corrected chi connectivity index (χ4v) is 3.57. The van der Waals surface area contributed by atoms with E-state index < -0.39 is 9.84 Å². The van der Waals surface area contributed by atoms with Crippen LogP contribution < -0.4 is 5.32 Å². The molecule has 2 rings (SSSR count). The molecule has 0 spiro atoms. The van der Waals surface area contributed by atoms with Crippen molar-refractivity contribution in [2.75, 3.05) is 11.5 Å². The lowest BCUT2D eigenvalue weighted by Crippen LogP contribution is -2.29. The van der Waals surface area contributed by atoms with Crippen molar-refractivity contribution in [1.82, 2.24) is 5.32 Å². The van der Waals surface area contributed by atoms with Crippen LogP contribution in [0, 0.1) is 5.82 Å². The summed E-state index contributed by atoms with van der Waals surface area (Å²) in [6.45, 7) is 0.512. The minimum atomic E-state index is -2.84. The Bertz CT molecular complexity index is 473. The molecule has 1 aliphatic heterocycles. The zero-order chi connectivity index (χ0) is 11.6. The first-order valence-electron chi connectivity index (χ1n) is 5.23. The van der Waals surface area contributed by atoms with Crippen LogP contribution in [-0.4, -0.2) is 26.0 Å². The van der Waals surface area contributed by atoms with Gasteiger partial charge in [0, 0.05) is 12.6 Å². The molecular weight excluding hydrogens is 229 g/mol. The predicted molar refractivity (Wildman–Crippen MR) is 60.3 cm³/mol. The van der Waals surface area contributed by atoms with Crippen LogP contribution >= 0.6 is 0 Å². The number of rotatable bonds is 3. The van der Waals surface area contributed by atoms with Gasteiger partial charge in [0.2, 0.25) is 0 Å². The molecule has 5 heteroatoms. The van der Waals surface area contributed by atoms with E-state index in [1.54, 1.807) is 6.07 Å². The van der Waals surface area contributed by atoms with Crippen LogP contribution in [0.2, 0.25) is 0 Å². The Balaban J connectivity index is 1.89. The average molecular weight is 243 g/mol. The van der Waals surface area contributed by atoms with Gasteiger partial charge in [0.05, 0.1) is 11.5 Å². The van der Waals surface area contributed by atoms with Gasteiger partial charge in [0.1, 0.15) is 5.82 Å². The molecule has 16 heavy (non-hydrogen) atoms. The van der Waals surface area contributed by atoms with Crippen molar-refractivity contribution in [3.8, 4) is 0 Å². The van der Waals surface area contributed by atoms with Crippen molar-refractivity contribution in [3.63, 3.8) is 0 Å². The Morgan fingerprint density at radius 2 is 2.25 bits per heavy atom. The lowest BCUT2D eigenvalue weighted by Gasteiger charge is -2.10. The van der Waals surface area contributed by atoms with Gasteiger partial charge in [-0.25, -0.2) is 12.8 Å². The van der Waals surface area contributed by atoms with Crippen LogP contribution in [0.25, 0.3) is 0 Å². The molecule has 0 amide bonds. The quantitative estimate of drug-likeness (QED) is 0.864. The first kappa shape index (κ1) is 11.5. The van der Waals surface area contributed by atoms with E-state index in [1.807, 2.05) is 6.07 Å². The molecule has 88 valence electrons. The topological polar surface area (TPSA) is 46.2 Å². The minimum absolute atomic E-state index is 0.00765. The first-order valence-corrected chi connectivity index (χ1v) is 7.05. The molecule has 0 radical (unpaired) electrons. The highest BCUT2D eigenvalue weighted by molar-refractivity contribution is 7.91. The maximum absolute atomic E-state index is 12.9. The summed E-state index contributed by atoms with van der Waals surface area (Å²) in [7, 11) is -2.84. The Hall–Kier alpha value is -0.940. The smallest absolute Gasteiger partial charge is 0.151 e. The fourth-order valence-electron chi connectivity index (χ4n) is 1.87. The molecule has 1 atom stereocenters. The lowest BCUT2D eigenvalue weighted by molar-refractivity contribution is 0.551. The van der Waals surface area contributed by atoms with Crippen molar-refractivity contribution in [2.45, 2.75) is 19.0 Å². The van der Waals surface area contributed by atoms with Crippen LogP contribution in [0.4, 0.5) is 4.39 Å². The molecule has 1 aromatic carbocycles. The second-order valence-electron chi connectivity index (χ2n) is 4.11. The fraction of sp³-hybridized carbons (Fsp3) is 0.455. The van der Waals surface area contributed by atoms with Gasteiger partial charge in [0.25, 0.3) is 0 Å². The van der Waals surface area contributed by atoms with Gasteiger partial charge in [0.15, 0.2) is 9.84 Å². The van der Waals surface area contributed by atoms with Crippen LogP contribution in [-0.2, 0) is 16.4 Å². The number of hydrogen-bond acceptors (Lipinski definition) is 3. The molecule has 1 aliphatic rings. The number of halogens is 1. The second kappa shape index (κ2) is 4.51. The van der Waals surface area contributed by atoms with Crippen molar-refractivity contribution >= 4 is 9.84 Å². The molecule has 0 aliphatic carbocycles. The first-order chi connectivity index (χ1) is 7.55. The zero-order valence-electron chi connectivity index (χ0n) is 8.82. The number of nitrogens with one attached hydrogen (secondary N) is 1. The van der Waals surface area contributed by atoms with Gasteiger partial charge in [-0.1, -0.05) is 12.1 Å². The van der Waals surface area contributed by atoms with Crippen molar-refractivity contribution in [2.24, 2.45) is 0 Å². The number of benzene rings is 1.